The second kappa shape index (κ2) is 5.96. The summed E-state index contributed by atoms with van der Waals surface area (Å²) in [6, 6.07) is 7.17. The molecule has 1 heterocycles. The van der Waals surface area contributed by atoms with Crippen LogP contribution < -0.4 is 11.1 Å². The Hall–Kier alpha value is -1.41. The number of aliphatic hydroxyl groups is 1. The number of aliphatic hydroxyl groups excluding tert-OH is 1. The lowest BCUT2D eigenvalue weighted by Crippen LogP contribution is -2.13. The maximum Gasteiger partial charge on any atom is 0.142 e. The summed E-state index contributed by atoms with van der Waals surface area (Å²) < 4.78 is 0.916. The lowest BCUT2D eigenvalue weighted by Gasteiger charge is -2.13. The zero-order valence-corrected chi connectivity index (χ0v) is 11.7. The summed E-state index contributed by atoms with van der Waals surface area (Å²) in [6.07, 6.45) is 2.59. The first-order valence-corrected chi connectivity index (χ1v) is 6.47. The molecule has 5 nitrogen and oxygen atoms in total. The Morgan fingerprint density at radius 2 is 2.06 bits per heavy atom. The second-order valence-electron chi connectivity index (χ2n) is 3.78. The molecule has 18 heavy (non-hydrogen) atoms. The molecule has 1 atom stereocenters. The number of nitrogen functional groups attached to an aromatic ring is 1. The fraction of sp³-hybridized carbons (Fsp3) is 0.167. The third kappa shape index (κ3) is 3.30. The number of aromatic nitrogens is 2. The van der Waals surface area contributed by atoms with E-state index in [1.165, 1.54) is 6.33 Å². The molecule has 0 amide bonds. The van der Waals surface area contributed by atoms with E-state index in [0.29, 0.717) is 12.2 Å². The number of rotatable bonds is 4. The predicted octanol–water partition coefficient (Wildman–Crippen LogP) is 1.81. The fourth-order valence-electron chi connectivity index (χ4n) is 1.47. The quantitative estimate of drug-likeness (QED) is 0.575. The number of benzene rings is 1. The minimum Gasteiger partial charge on any atom is -0.399 e. The van der Waals surface area contributed by atoms with E-state index in [1.54, 1.807) is 18.3 Å². The zero-order chi connectivity index (χ0) is 13.0. The van der Waals surface area contributed by atoms with Crippen LogP contribution in [0.25, 0.3) is 0 Å². The summed E-state index contributed by atoms with van der Waals surface area (Å²) in [5, 5.41) is 13.1. The third-order valence-corrected chi connectivity index (χ3v) is 3.24. The van der Waals surface area contributed by atoms with Crippen molar-refractivity contribution in [3.63, 3.8) is 0 Å². The van der Waals surface area contributed by atoms with E-state index in [4.69, 9.17) is 5.73 Å². The maximum atomic E-state index is 10.0. The molecule has 0 aliphatic heterocycles. The molecule has 0 aliphatic carbocycles. The van der Waals surface area contributed by atoms with Crippen molar-refractivity contribution < 1.29 is 5.11 Å². The van der Waals surface area contributed by atoms with Crippen LogP contribution in [0.5, 0.6) is 0 Å². The van der Waals surface area contributed by atoms with Gasteiger partial charge in [0, 0.05) is 18.4 Å². The number of nitrogens with two attached hydrogens (primary N) is 1. The SMILES string of the molecule is Nc1ccc(C(O)CNc2ncncc2I)cc1. The van der Waals surface area contributed by atoms with Crippen molar-refractivity contribution in [3.05, 3.63) is 45.9 Å². The molecule has 1 unspecified atom stereocenters. The van der Waals surface area contributed by atoms with Gasteiger partial charge < -0.3 is 16.2 Å². The van der Waals surface area contributed by atoms with E-state index in [9.17, 15) is 5.11 Å². The van der Waals surface area contributed by atoms with Gasteiger partial charge in [-0.05, 0) is 40.3 Å². The Labute approximate surface area is 119 Å². The van der Waals surface area contributed by atoms with E-state index in [2.05, 4.69) is 37.9 Å². The minimum absolute atomic E-state index is 0.386. The molecule has 6 heteroatoms. The summed E-state index contributed by atoms with van der Waals surface area (Å²) >= 11 is 2.14. The highest BCUT2D eigenvalue weighted by Crippen LogP contribution is 2.17. The van der Waals surface area contributed by atoms with Gasteiger partial charge in [-0.2, -0.15) is 0 Å². The number of nitrogens with zero attached hydrogens (tertiary/aromatic N) is 2. The molecule has 0 saturated heterocycles. The van der Waals surface area contributed by atoms with Crippen molar-refractivity contribution in [1.29, 1.82) is 0 Å². The molecular formula is C12H13IN4O. The van der Waals surface area contributed by atoms with Crippen LogP contribution in [0.15, 0.2) is 36.8 Å². The van der Waals surface area contributed by atoms with Gasteiger partial charge in [-0.1, -0.05) is 12.1 Å². The topological polar surface area (TPSA) is 84.1 Å². The van der Waals surface area contributed by atoms with E-state index in [0.717, 1.165) is 15.0 Å². The molecule has 0 saturated carbocycles. The first kappa shape index (κ1) is 13.0. The number of nitrogens with one attached hydrogen (secondary N) is 1. The molecule has 2 aromatic rings. The van der Waals surface area contributed by atoms with Gasteiger partial charge in [0.05, 0.1) is 9.67 Å². The summed E-state index contributed by atoms with van der Waals surface area (Å²) in [5.74, 6) is 0.722. The highest BCUT2D eigenvalue weighted by atomic mass is 127. The van der Waals surface area contributed by atoms with Crippen molar-refractivity contribution in [1.82, 2.24) is 9.97 Å². The molecule has 1 aromatic carbocycles. The predicted molar refractivity (Wildman–Crippen MR) is 79.1 cm³/mol. The molecule has 2 rings (SSSR count). The van der Waals surface area contributed by atoms with Gasteiger partial charge in [0.25, 0.3) is 0 Å². The van der Waals surface area contributed by atoms with E-state index in [-0.39, 0.29) is 0 Å². The number of anilines is 2. The van der Waals surface area contributed by atoms with E-state index >= 15 is 0 Å². The van der Waals surface area contributed by atoms with Crippen LogP contribution in [0.1, 0.15) is 11.7 Å². The lowest BCUT2D eigenvalue weighted by molar-refractivity contribution is 0.191. The standard InChI is InChI=1S/C12H13IN4O/c13-10-5-15-7-17-12(10)16-6-11(18)8-1-3-9(14)4-2-8/h1-5,7,11,18H,6,14H2,(H,15,16,17). The summed E-state index contributed by atoms with van der Waals surface area (Å²) in [6.45, 7) is 0.386. The summed E-state index contributed by atoms with van der Waals surface area (Å²) in [5.41, 5.74) is 7.10. The average Bonchev–Trinajstić information content (AvgIpc) is 2.38. The van der Waals surface area contributed by atoms with E-state index in [1.807, 2.05) is 12.1 Å². The van der Waals surface area contributed by atoms with Gasteiger partial charge in [0.1, 0.15) is 12.1 Å². The van der Waals surface area contributed by atoms with Crippen LogP contribution in [0.3, 0.4) is 0 Å². The third-order valence-electron chi connectivity index (χ3n) is 2.45. The van der Waals surface area contributed by atoms with E-state index < -0.39 is 6.10 Å². The molecule has 0 fully saturated rings. The van der Waals surface area contributed by atoms with Crippen LogP contribution in [0, 0.1) is 3.57 Å². The largest absolute Gasteiger partial charge is 0.399 e. The fourth-order valence-corrected chi connectivity index (χ4v) is 1.96. The summed E-state index contributed by atoms with van der Waals surface area (Å²) in [4.78, 5) is 8.00. The molecule has 0 bridgehead atoms. The van der Waals surface area contributed by atoms with Crippen molar-refractivity contribution in [2.75, 3.05) is 17.6 Å². The van der Waals surface area contributed by atoms with Crippen LogP contribution in [0.4, 0.5) is 11.5 Å². The van der Waals surface area contributed by atoms with Crippen molar-refractivity contribution in [2.45, 2.75) is 6.10 Å². The van der Waals surface area contributed by atoms with Gasteiger partial charge in [0.15, 0.2) is 0 Å². The Bertz CT molecular complexity index is 518. The summed E-state index contributed by atoms with van der Waals surface area (Å²) in [7, 11) is 0. The zero-order valence-electron chi connectivity index (χ0n) is 9.55. The number of halogens is 1. The molecule has 4 N–H and O–H groups in total. The van der Waals surface area contributed by atoms with Gasteiger partial charge in [-0.3, -0.25) is 0 Å². The Balaban J connectivity index is 1.98. The molecule has 94 valence electrons. The first-order chi connectivity index (χ1) is 8.66. The van der Waals surface area contributed by atoms with Gasteiger partial charge in [0.2, 0.25) is 0 Å². The van der Waals surface area contributed by atoms with Crippen LogP contribution in [0.2, 0.25) is 0 Å². The normalized spacial score (nSPS) is 12.1. The van der Waals surface area contributed by atoms with Gasteiger partial charge in [-0.15, -0.1) is 0 Å². The monoisotopic (exact) mass is 356 g/mol. The van der Waals surface area contributed by atoms with Crippen LogP contribution in [-0.4, -0.2) is 21.6 Å². The number of hydrogen-bond donors (Lipinski definition) is 3. The Morgan fingerprint density at radius 3 is 2.72 bits per heavy atom. The second-order valence-corrected chi connectivity index (χ2v) is 4.94. The average molecular weight is 356 g/mol. The van der Waals surface area contributed by atoms with Crippen LogP contribution in [-0.2, 0) is 0 Å². The highest BCUT2D eigenvalue weighted by Gasteiger charge is 2.08. The highest BCUT2D eigenvalue weighted by molar-refractivity contribution is 14.1. The maximum absolute atomic E-state index is 10.0. The molecular weight excluding hydrogens is 343 g/mol. The first-order valence-electron chi connectivity index (χ1n) is 5.39. The van der Waals surface area contributed by atoms with Crippen LogP contribution >= 0.6 is 22.6 Å². The molecule has 0 spiro atoms. The smallest absolute Gasteiger partial charge is 0.142 e. The Kier molecular flexibility index (Phi) is 4.32. The van der Waals surface area contributed by atoms with Crippen molar-refractivity contribution in [2.24, 2.45) is 0 Å². The Morgan fingerprint density at radius 1 is 1.33 bits per heavy atom. The van der Waals surface area contributed by atoms with Gasteiger partial charge >= 0.3 is 0 Å². The molecule has 0 radical (unpaired) electrons. The van der Waals surface area contributed by atoms with Crippen molar-refractivity contribution >= 4 is 34.1 Å². The molecule has 0 aliphatic rings. The van der Waals surface area contributed by atoms with Crippen molar-refractivity contribution in [3.8, 4) is 0 Å². The lowest BCUT2D eigenvalue weighted by atomic mass is 10.1. The molecule has 1 aromatic heterocycles. The van der Waals surface area contributed by atoms with Gasteiger partial charge in [-0.25, -0.2) is 9.97 Å². The minimum atomic E-state index is -0.601. The number of hydrogen-bond acceptors (Lipinski definition) is 5.